The van der Waals surface area contributed by atoms with Crippen molar-refractivity contribution >= 4 is 5.57 Å². The van der Waals surface area contributed by atoms with Crippen LogP contribution in [-0.4, -0.2) is 17.1 Å². The van der Waals surface area contributed by atoms with Gasteiger partial charge in [-0.25, -0.2) is 9.97 Å². The first-order chi connectivity index (χ1) is 6.27. The van der Waals surface area contributed by atoms with Crippen molar-refractivity contribution in [1.29, 1.82) is 0 Å². The predicted molar refractivity (Wildman–Crippen MR) is 52.4 cm³/mol. The SMILES string of the molecule is C=C/C=C(\C)c1cnc(OC)nc1. The van der Waals surface area contributed by atoms with Gasteiger partial charge in [0.25, 0.3) is 0 Å². The van der Waals surface area contributed by atoms with Crippen LogP contribution in [0, 0.1) is 0 Å². The van der Waals surface area contributed by atoms with Crippen molar-refractivity contribution in [3.8, 4) is 6.01 Å². The molecule has 0 fully saturated rings. The number of allylic oxidation sites excluding steroid dienone is 3. The Morgan fingerprint density at radius 1 is 1.46 bits per heavy atom. The second-order valence-corrected chi connectivity index (χ2v) is 2.54. The minimum Gasteiger partial charge on any atom is -0.467 e. The maximum atomic E-state index is 4.85. The van der Waals surface area contributed by atoms with E-state index in [-0.39, 0.29) is 0 Å². The van der Waals surface area contributed by atoms with Gasteiger partial charge in [0, 0.05) is 18.0 Å². The molecule has 3 heteroatoms. The van der Waals surface area contributed by atoms with Crippen LogP contribution in [0.25, 0.3) is 5.57 Å². The summed E-state index contributed by atoms with van der Waals surface area (Å²) in [4.78, 5) is 7.98. The van der Waals surface area contributed by atoms with E-state index in [0.717, 1.165) is 11.1 Å². The second kappa shape index (κ2) is 4.40. The van der Waals surface area contributed by atoms with Crippen LogP contribution in [0.2, 0.25) is 0 Å². The third-order valence-electron chi connectivity index (χ3n) is 1.63. The molecule has 0 aliphatic rings. The van der Waals surface area contributed by atoms with E-state index < -0.39 is 0 Å². The highest BCUT2D eigenvalue weighted by molar-refractivity contribution is 5.63. The molecule has 0 atom stereocenters. The molecule has 13 heavy (non-hydrogen) atoms. The van der Waals surface area contributed by atoms with Crippen LogP contribution < -0.4 is 4.74 Å². The normalized spacial score (nSPS) is 11.1. The van der Waals surface area contributed by atoms with Gasteiger partial charge in [-0.2, -0.15) is 0 Å². The summed E-state index contributed by atoms with van der Waals surface area (Å²) in [5.41, 5.74) is 2.05. The number of nitrogens with zero attached hydrogens (tertiary/aromatic N) is 2. The van der Waals surface area contributed by atoms with Gasteiger partial charge in [-0.1, -0.05) is 18.7 Å². The molecule has 0 saturated heterocycles. The smallest absolute Gasteiger partial charge is 0.316 e. The minimum atomic E-state index is 0.384. The van der Waals surface area contributed by atoms with Crippen LogP contribution >= 0.6 is 0 Å². The van der Waals surface area contributed by atoms with Crippen molar-refractivity contribution in [3.63, 3.8) is 0 Å². The highest BCUT2D eigenvalue weighted by Crippen LogP contribution is 2.12. The Hall–Kier alpha value is -1.64. The zero-order chi connectivity index (χ0) is 9.68. The lowest BCUT2D eigenvalue weighted by atomic mass is 10.1. The highest BCUT2D eigenvalue weighted by Gasteiger charge is 1.97. The Labute approximate surface area is 77.8 Å². The largest absolute Gasteiger partial charge is 0.467 e. The van der Waals surface area contributed by atoms with Gasteiger partial charge in [-0.3, -0.25) is 0 Å². The Kier molecular flexibility index (Phi) is 3.20. The third kappa shape index (κ3) is 2.40. The van der Waals surface area contributed by atoms with E-state index in [1.807, 2.05) is 13.0 Å². The van der Waals surface area contributed by atoms with E-state index in [1.54, 1.807) is 25.6 Å². The van der Waals surface area contributed by atoms with Crippen LogP contribution in [0.5, 0.6) is 6.01 Å². The molecule has 0 bridgehead atoms. The standard InChI is InChI=1S/C10H12N2O/c1-4-5-8(2)9-6-11-10(13-3)12-7-9/h4-7H,1H2,2-3H3/b8-5+. The van der Waals surface area contributed by atoms with Gasteiger partial charge in [0.1, 0.15) is 0 Å². The number of hydrogen-bond donors (Lipinski definition) is 0. The zero-order valence-electron chi connectivity index (χ0n) is 7.82. The van der Waals surface area contributed by atoms with Crippen LogP contribution in [0.1, 0.15) is 12.5 Å². The third-order valence-corrected chi connectivity index (χ3v) is 1.63. The molecule has 0 unspecified atom stereocenters. The van der Waals surface area contributed by atoms with E-state index in [0.29, 0.717) is 6.01 Å². The van der Waals surface area contributed by atoms with Gasteiger partial charge < -0.3 is 4.74 Å². The molecule has 0 spiro atoms. The number of aromatic nitrogens is 2. The van der Waals surface area contributed by atoms with Crippen LogP contribution in [0.4, 0.5) is 0 Å². The fourth-order valence-electron chi connectivity index (χ4n) is 0.898. The summed E-state index contributed by atoms with van der Waals surface area (Å²) in [7, 11) is 1.54. The van der Waals surface area contributed by atoms with E-state index in [4.69, 9.17) is 4.74 Å². The monoisotopic (exact) mass is 176 g/mol. The Morgan fingerprint density at radius 2 is 2.08 bits per heavy atom. The van der Waals surface area contributed by atoms with Crippen molar-refractivity contribution in [2.24, 2.45) is 0 Å². The average Bonchev–Trinajstić information content (AvgIpc) is 2.18. The molecule has 0 aromatic carbocycles. The summed E-state index contributed by atoms with van der Waals surface area (Å²) in [6.45, 7) is 5.60. The van der Waals surface area contributed by atoms with Gasteiger partial charge in [-0.05, 0) is 12.5 Å². The van der Waals surface area contributed by atoms with Crippen molar-refractivity contribution in [2.45, 2.75) is 6.92 Å². The zero-order valence-corrected chi connectivity index (χ0v) is 7.82. The lowest BCUT2D eigenvalue weighted by Gasteiger charge is -2.00. The lowest BCUT2D eigenvalue weighted by molar-refractivity contribution is 0.379. The van der Waals surface area contributed by atoms with Crippen LogP contribution in [0.15, 0.2) is 31.1 Å². The molecule has 0 amide bonds. The summed E-state index contributed by atoms with van der Waals surface area (Å²) in [6, 6.07) is 0.384. The van der Waals surface area contributed by atoms with Gasteiger partial charge in [-0.15, -0.1) is 0 Å². The van der Waals surface area contributed by atoms with Crippen molar-refractivity contribution in [3.05, 3.63) is 36.7 Å². The fourth-order valence-corrected chi connectivity index (χ4v) is 0.898. The summed E-state index contributed by atoms with van der Waals surface area (Å²) in [6.07, 6.45) is 7.09. The maximum Gasteiger partial charge on any atom is 0.316 e. The number of methoxy groups -OCH3 is 1. The van der Waals surface area contributed by atoms with E-state index in [2.05, 4.69) is 16.5 Å². The van der Waals surface area contributed by atoms with Crippen LogP contribution in [0.3, 0.4) is 0 Å². The Balaban J connectivity index is 2.91. The number of hydrogen-bond acceptors (Lipinski definition) is 3. The Bertz CT molecular complexity index is 314. The summed E-state index contributed by atoms with van der Waals surface area (Å²) in [5, 5.41) is 0. The highest BCUT2D eigenvalue weighted by atomic mass is 16.5. The quantitative estimate of drug-likeness (QED) is 0.661. The molecule has 68 valence electrons. The molecule has 0 radical (unpaired) electrons. The summed E-state index contributed by atoms with van der Waals surface area (Å²) >= 11 is 0. The van der Waals surface area contributed by atoms with Gasteiger partial charge in [0.15, 0.2) is 0 Å². The van der Waals surface area contributed by atoms with Gasteiger partial charge >= 0.3 is 6.01 Å². The summed E-state index contributed by atoms with van der Waals surface area (Å²) in [5.74, 6) is 0. The second-order valence-electron chi connectivity index (χ2n) is 2.54. The molecule has 1 aromatic heterocycles. The number of rotatable bonds is 3. The Morgan fingerprint density at radius 3 is 2.54 bits per heavy atom. The van der Waals surface area contributed by atoms with Crippen molar-refractivity contribution in [2.75, 3.05) is 7.11 Å². The van der Waals surface area contributed by atoms with Crippen molar-refractivity contribution < 1.29 is 4.74 Å². The maximum absolute atomic E-state index is 4.85. The lowest BCUT2D eigenvalue weighted by Crippen LogP contribution is -1.92. The predicted octanol–water partition coefficient (Wildman–Crippen LogP) is 2.07. The molecule has 3 nitrogen and oxygen atoms in total. The molecule has 0 aliphatic carbocycles. The molecule has 1 heterocycles. The first kappa shape index (κ1) is 9.45. The molecule has 1 aromatic rings. The summed E-state index contributed by atoms with van der Waals surface area (Å²) < 4.78 is 4.85. The van der Waals surface area contributed by atoms with E-state index in [9.17, 15) is 0 Å². The number of ether oxygens (including phenoxy) is 1. The van der Waals surface area contributed by atoms with E-state index >= 15 is 0 Å². The molecule has 0 N–H and O–H groups in total. The molecular weight excluding hydrogens is 164 g/mol. The molecular formula is C10H12N2O. The molecule has 1 rings (SSSR count). The molecule has 0 aliphatic heterocycles. The topological polar surface area (TPSA) is 35.0 Å². The first-order valence-electron chi connectivity index (χ1n) is 3.93. The first-order valence-corrected chi connectivity index (χ1v) is 3.93. The van der Waals surface area contributed by atoms with Gasteiger partial charge in [0.05, 0.1) is 7.11 Å². The average molecular weight is 176 g/mol. The molecule has 0 saturated carbocycles. The van der Waals surface area contributed by atoms with E-state index in [1.165, 1.54) is 0 Å². The van der Waals surface area contributed by atoms with Crippen LogP contribution in [-0.2, 0) is 0 Å². The van der Waals surface area contributed by atoms with Crippen molar-refractivity contribution in [1.82, 2.24) is 9.97 Å². The minimum absolute atomic E-state index is 0.384. The van der Waals surface area contributed by atoms with Gasteiger partial charge in [0.2, 0.25) is 0 Å². The fraction of sp³-hybridized carbons (Fsp3) is 0.200.